The van der Waals surface area contributed by atoms with E-state index in [0.29, 0.717) is 0 Å². The van der Waals surface area contributed by atoms with Gasteiger partial charge in [0.05, 0.1) is 7.11 Å². The van der Waals surface area contributed by atoms with Crippen molar-refractivity contribution in [3.63, 3.8) is 0 Å². The maximum Gasteiger partial charge on any atom is 0.483 e. The number of hydrogen-bond acceptors (Lipinski definition) is 2. The van der Waals surface area contributed by atoms with Crippen molar-refractivity contribution in [2.24, 2.45) is 0 Å². The summed E-state index contributed by atoms with van der Waals surface area (Å²) in [5, 5.41) is 0. The Morgan fingerprint density at radius 3 is 1.45 bits per heavy atom. The number of hydrogen-bond donors (Lipinski definition) is 0. The van der Waals surface area contributed by atoms with E-state index < -0.39 is 11.8 Å². The molecule has 0 spiro atoms. The van der Waals surface area contributed by atoms with Gasteiger partial charge in [-0.25, -0.2) is 0 Å². The highest BCUT2D eigenvalue weighted by molar-refractivity contribution is 4.70. The van der Waals surface area contributed by atoms with Crippen LogP contribution in [0.25, 0.3) is 0 Å². The summed E-state index contributed by atoms with van der Waals surface area (Å²) in [7, 11) is 0.999. The van der Waals surface area contributed by atoms with Crippen molar-refractivity contribution in [1.29, 1.82) is 0 Å². The van der Waals surface area contributed by atoms with E-state index in [1.54, 1.807) is 0 Å². The topological polar surface area (TPSA) is 12.5 Å². The van der Waals surface area contributed by atoms with E-state index in [0.717, 1.165) is 7.11 Å². The average Bonchev–Trinajstić information content (AvgIpc) is 1.56. The molecular formula is C6H12F3NO. The minimum absolute atomic E-state index is 0. The van der Waals surface area contributed by atoms with Gasteiger partial charge in [0.2, 0.25) is 0 Å². The van der Waals surface area contributed by atoms with Gasteiger partial charge < -0.3 is 0 Å². The van der Waals surface area contributed by atoms with Crippen molar-refractivity contribution in [1.82, 2.24) is 5.06 Å². The Morgan fingerprint density at radius 2 is 1.45 bits per heavy atom. The molecule has 0 saturated heterocycles. The van der Waals surface area contributed by atoms with E-state index in [9.17, 15) is 13.2 Å². The van der Waals surface area contributed by atoms with Crippen LogP contribution in [0.2, 0.25) is 0 Å². The normalized spacial score (nSPS) is 14.2. The number of nitrogens with zero attached hydrogens (tertiary/aromatic N) is 1. The third-order valence-electron chi connectivity index (χ3n) is 1.02. The third kappa shape index (κ3) is 3.07. The van der Waals surface area contributed by atoms with Gasteiger partial charge in [-0.3, -0.25) is 4.84 Å². The highest BCUT2D eigenvalue weighted by atomic mass is 19.4. The highest BCUT2D eigenvalue weighted by Crippen LogP contribution is 2.28. The van der Waals surface area contributed by atoms with E-state index in [4.69, 9.17) is 0 Å². The fourth-order valence-corrected chi connectivity index (χ4v) is 0.758. The molecular weight excluding hydrogens is 159 g/mol. The predicted octanol–water partition coefficient (Wildman–Crippen LogP) is 2.17. The Morgan fingerprint density at radius 1 is 1.09 bits per heavy atom. The first kappa shape index (κ1) is 10.7. The smallest absolute Gasteiger partial charge is 0.294 e. The molecule has 0 atom stereocenters. The average molecular weight is 171 g/mol. The molecule has 0 aromatic heterocycles. The van der Waals surface area contributed by atoms with Crippen molar-refractivity contribution in [2.75, 3.05) is 7.11 Å². The molecule has 0 aromatic carbocycles. The molecule has 0 rings (SSSR count). The molecule has 11 heavy (non-hydrogen) atoms. The second-order valence-electron chi connectivity index (χ2n) is 3.12. The van der Waals surface area contributed by atoms with Crippen molar-refractivity contribution in [3.05, 3.63) is 0 Å². The second kappa shape index (κ2) is 2.98. The summed E-state index contributed by atoms with van der Waals surface area (Å²) in [5.41, 5.74) is -1.06. The minimum Gasteiger partial charge on any atom is -0.294 e. The molecule has 0 N–H and O–H groups in total. The molecule has 0 aromatic rings. The predicted molar refractivity (Wildman–Crippen MR) is 34.7 cm³/mol. The zero-order chi connectivity index (χ0) is 9.28. The highest BCUT2D eigenvalue weighted by Gasteiger charge is 2.44. The Hall–Kier alpha value is -0.290. The Bertz CT molecular complexity index is 113. The van der Waals surface area contributed by atoms with Crippen LogP contribution in [-0.4, -0.2) is 24.0 Å². The summed E-state index contributed by atoms with van der Waals surface area (Å²) in [6, 6.07) is 0. The molecule has 0 amide bonds. The van der Waals surface area contributed by atoms with Crippen LogP contribution in [0.15, 0.2) is 0 Å². The lowest BCUT2D eigenvalue weighted by molar-refractivity contribution is -0.391. The molecule has 0 aliphatic heterocycles. The van der Waals surface area contributed by atoms with Gasteiger partial charge in [0, 0.05) is 5.54 Å². The molecule has 2 nitrogen and oxygen atoms in total. The van der Waals surface area contributed by atoms with Gasteiger partial charge in [-0.1, -0.05) is 5.06 Å². The maximum absolute atomic E-state index is 12.0. The lowest BCUT2D eigenvalue weighted by Crippen LogP contribution is -2.49. The zero-order valence-corrected chi connectivity index (χ0v) is 6.99. The number of rotatable bonds is 1. The SMILES string of the molecule is CON(C(C)(C)C)C(F)(F)F. The molecule has 68 valence electrons. The molecule has 0 radical (unpaired) electrons. The van der Waals surface area contributed by atoms with Gasteiger partial charge in [-0.2, -0.15) is 13.2 Å². The van der Waals surface area contributed by atoms with Crippen LogP contribution < -0.4 is 0 Å². The maximum atomic E-state index is 12.0. The standard InChI is InChI=1S/C6H12F3NO/c1-5(2,3)10(11-4)6(7,8)9/h1-4H3. The van der Waals surface area contributed by atoms with Crippen LogP contribution in [0, 0.1) is 0 Å². The number of alkyl halides is 3. The monoisotopic (exact) mass is 171 g/mol. The van der Waals surface area contributed by atoms with E-state index in [1.807, 2.05) is 0 Å². The first-order chi connectivity index (χ1) is 4.69. The summed E-state index contributed by atoms with van der Waals surface area (Å²) in [6.45, 7) is 4.26. The molecule has 0 aliphatic carbocycles. The first-order valence-electron chi connectivity index (χ1n) is 3.10. The Kier molecular flexibility index (Phi) is 2.91. The molecule has 0 unspecified atom stereocenters. The van der Waals surface area contributed by atoms with Gasteiger partial charge in [0.25, 0.3) is 0 Å². The summed E-state index contributed by atoms with van der Waals surface area (Å²) >= 11 is 0. The van der Waals surface area contributed by atoms with Gasteiger partial charge in [-0.05, 0) is 20.8 Å². The van der Waals surface area contributed by atoms with Gasteiger partial charge in [-0.15, -0.1) is 0 Å². The Balaban J connectivity index is 4.43. The van der Waals surface area contributed by atoms with Gasteiger partial charge in [0.15, 0.2) is 0 Å². The quantitative estimate of drug-likeness (QED) is 0.443. The molecule has 5 heteroatoms. The molecule has 0 heterocycles. The fourth-order valence-electron chi connectivity index (χ4n) is 0.758. The number of halogens is 3. The molecule has 0 bridgehead atoms. The van der Waals surface area contributed by atoms with E-state index in [-0.39, 0.29) is 5.06 Å². The molecule has 0 saturated carbocycles. The molecule has 0 fully saturated rings. The first-order valence-corrected chi connectivity index (χ1v) is 3.10. The van der Waals surface area contributed by atoms with Crippen LogP contribution >= 0.6 is 0 Å². The summed E-state index contributed by atoms with van der Waals surface area (Å²) < 4.78 is 36.1. The fraction of sp³-hybridized carbons (Fsp3) is 1.00. The summed E-state index contributed by atoms with van der Waals surface area (Å²) in [6.07, 6.45) is -4.44. The van der Waals surface area contributed by atoms with Crippen LogP contribution in [-0.2, 0) is 4.84 Å². The summed E-state index contributed by atoms with van der Waals surface area (Å²) in [5.74, 6) is 0. The Labute approximate surface area is 63.9 Å². The zero-order valence-electron chi connectivity index (χ0n) is 6.99. The van der Waals surface area contributed by atoms with Gasteiger partial charge in [0.1, 0.15) is 0 Å². The van der Waals surface area contributed by atoms with Crippen molar-refractivity contribution in [3.8, 4) is 0 Å². The van der Waals surface area contributed by atoms with E-state index >= 15 is 0 Å². The van der Waals surface area contributed by atoms with Crippen LogP contribution in [0.5, 0.6) is 0 Å². The van der Waals surface area contributed by atoms with Crippen LogP contribution in [0.4, 0.5) is 13.2 Å². The molecule has 0 aliphatic rings. The lowest BCUT2D eigenvalue weighted by atomic mass is 10.1. The van der Waals surface area contributed by atoms with E-state index in [1.165, 1.54) is 20.8 Å². The van der Waals surface area contributed by atoms with E-state index in [2.05, 4.69) is 4.84 Å². The lowest BCUT2D eigenvalue weighted by Gasteiger charge is -2.33. The largest absolute Gasteiger partial charge is 0.483 e. The van der Waals surface area contributed by atoms with Gasteiger partial charge >= 0.3 is 6.30 Å². The van der Waals surface area contributed by atoms with Crippen LogP contribution in [0.1, 0.15) is 20.8 Å². The van der Waals surface area contributed by atoms with Crippen LogP contribution in [0.3, 0.4) is 0 Å². The summed E-state index contributed by atoms with van der Waals surface area (Å²) in [4.78, 5) is 4.19. The number of hydroxylamine groups is 2. The van der Waals surface area contributed by atoms with Crippen molar-refractivity contribution >= 4 is 0 Å². The minimum atomic E-state index is -4.44. The van der Waals surface area contributed by atoms with Crippen molar-refractivity contribution < 1.29 is 18.0 Å². The van der Waals surface area contributed by atoms with Crippen molar-refractivity contribution in [2.45, 2.75) is 32.6 Å². The second-order valence-corrected chi connectivity index (χ2v) is 3.12. The third-order valence-corrected chi connectivity index (χ3v) is 1.02.